The highest BCUT2D eigenvalue weighted by Gasteiger charge is 2.30. The molecular formula is C26H35N3O3. The van der Waals surface area contributed by atoms with E-state index in [2.05, 4.69) is 46.6 Å². The summed E-state index contributed by atoms with van der Waals surface area (Å²) < 4.78 is 11.9. The van der Waals surface area contributed by atoms with E-state index in [1.165, 1.54) is 18.4 Å². The second-order valence-corrected chi connectivity index (χ2v) is 8.77. The molecule has 1 heterocycles. The van der Waals surface area contributed by atoms with Crippen LogP contribution in [0.15, 0.2) is 48.5 Å². The van der Waals surface area contributed by atoms with E-state index in [0.717, 1.165) is 49.5 Å². The number of nitrogens with zero attached hydrogens (tertiary/aromatic N) is 2. The summed E-state index contributed by atoms with van der Waals surface area (Å²) in [5.41, 5.74) is 2.40. The minimum absolute atomic E-state index is 0.158. The van der Waals surface area contributed by atoms with Gasteiger partial charge in [0.1, 0.15) is 0 Å². The van der Waals surface area contributed by atoms with Crippen molar-refractivity contribution in [2.24, 2.45) is 0 Å². The third-order valence-corrected chi connectivity index (χ3v) is 6.55. The van der Waals surface area contributed by atoms with Gasteiger partial charge in [0.05, 0.1) is 25.8 Å². The third kappa shape index (κ3) is 5.36. The quantitative estimate of drug-likeness (QED) is 0.685. The second-order valence-electron chi connectivity index (χ2n) is 8.77. The van der Waals surface area contributed by atoms with E-state index in [1.807, 2.05) is 24.1 Å². The fourth-order valence-corrected chi connectivity index (χ4v) is 4.87. The van der Waals surface area contributed by atoms with Crippen LogP contribution in [-0.4, -0.2) is 63.3 Å². The largest absolute Gasteiger partial charge is 0.493 e. The number of anilines is 1. The van der Waals surface area contributed by atoms with Gasteiger partial charge in [0.25, 0.3) is 0 Å². The highest BCUT2D eigenvalue weighted by molar-refractivity contribution is 5.78. The van der Waals surface area contributed by atoms with Crippen LogP contribution in [0.1, 0.15) is 31.2 Å². The van der Waals surface area contributed by atoms with Gasteiger partial charge in [-0.25, -0.2) is 0 Å². The molecule has 2 aromatic carbocycles. The lowest BCUT2D eigenvalue weighted by atomic mass is 10.0. The molecule has 6 heteroatoms. The first-order chi connectivity index (χ1) is 15.7. The highest BCUT2D eigenvalue weighted by Crippen LogP contribution is 2.36. The van der Waals surface area contributed by atoms with Crippen LogP contribution in [0, 0.1) is 0 Å². The van der Waals surface area contributed by atoms with E-state index in [1.54, 1.807) is 7.11 Å². The van der Waals surface area contributed by atoms with Crippen LogP contribution in [0.5, 0.6) is 11.5 Å². The topological polar surface area (TPSA) is 54.0 Å². The summed E-state index contributed by atoms with van der Waals surface area (Å²) in [5, 5.41) is 2.99. The summed E-state index contributed by atoms with van der Waals surface area (Å²) in [6, 6.07) is 17.0. The van der Waals surface area contributed by atoms with Crippen molar-refractivity contribution < 1.29 is 14.3 Å². The van der Waals surface area contributed by atoms with Crippen LogP contribution >= 0.6 is 0 Å². The molecule has 1 unspecified atom stereocenters. The van der Waals surface area contributed by atoms with E-state index in [4.69, 9.17) is 9.47 Å². The fraction of sp³-hybridized carbons (Fsp3) is 0.500. The standard InChI is InChI=1S/C26H35N3O3/c1-27-18-26(30)28-14-15-29(22(19-28)16-20-8-4-3-5-9-20)21-12-13-24(31-2)25(17-21)32-23-10-6-7-11-23/h3-5,8-9,12-13,17,22-23,27H,6-7,10-11,14-16,18-19H2,1-2H3. The Kier molecular flexibility index (Phi) is 7.53. The zero-order valence-corrected chi connectivity index (χ0v) is 19.3. The summed E-state index contributed by atoms with van der Waals surface area (Å²) in [5.74, 6) is 1.76. The number of carbonyl (C=O) groups is 1. The van der Waals surface area contributed by atoms with E-state index in [0.29, 0.717) is 13.1 Å². The lowest BCUT2D eigenvalue weighted by molar-refractivity contribution is -0.130. The van der Waals surface area contributed by atoms with Gasteiger partial charge in [-0.3, -0.25) is 4.79 Å². The number of benzene rings is 2. The molecule has 172 valence electrons. The molecule has 1 N–H and O–H groups in total. The van der Waals surface area contributed by atoms with Crippen LogP contribution in [-0.2, 0) is 11.2 Å². The highest BCUT2D eigenvalue weighted by atomic mass is 16.5. The molecule has 0 spiro atoms. The maximum Gasteiger partial charge on any atom is 0.236 e. The van der Waals surface area contributed by atoms with Crippen LogP contribution in [0.2, 0.25) is 0 Å². The maximum atomic E-state index is 12.6. The van der Waals surface area contributed by atoms with Gasteiger partial charge in [-0.15, -0.1) is 0 Å². The minimum Gasteiger partial charge on any atom is -0.493 e. The van der Waals surface area contributed by atoms with Crippen molar-refractivity contribution in [3.63, 3.8) is 0 Å². The molecule has 0 aromatic heterocycles. The van der Waals surface area contributed by atoms with E-state index >= 15 is 0 Å². The van der Waals surface area contributed by atoms with Crippen molar-refractivity contribution in [3.8, 4) is 11.5 Å². The van der Waals surface area contributed by atoms with Crippen molar-refractivity contribution in [2.75, 3.05) is 45.2 Å². The van der Waals surface area contributed by atoms with Crippen molar-refractivity contribution in [1.29, 1.82) is 0 Å². The fourth-order valence-electron chi connectivity index (χ4n) is 4.87. The lowest BCUT2D eigenvalue weighted by Crippen LogP contribution is -2.56. The first-order valence-electron chi connectivity index (χ1n) is 11.8. The van der Waals surface area contributed by atoms with Gasteiger partial charge in [0, 0.05) is 31.4 Å². The molecule has 1 amide bonds. The number of nitrogens with one attached hydrogen (secondary N) is 1. The number of likely N-dealkylation sites (N-methyl/N-ethyl adjacent to an activating group) is 1. The molecular weight excluding hydrogens is 402 g/mol. The Morgan fingerprint density at radius 1 is 1.06 bits per heavy atom. The van der Waals surface area contributed by atoms with E-state index in [9.17, 15) is 4.79 Å². The normalized spacial score (nSPS) is 19.2. The Bertz CT molecular complexity index is 883. The Balaban J connectivity index is 1.58. The van der Waals surface area contributed by atoms with Crippen LogP contribution in [0.4, 0.5) is 5.69 Å². The number of rotatable bonds is 8. The molecule has 1 saturated carbocycles. The molecule has 1 saturated heterocycles. The van der Waals surface area contributed by atoms with Gasteiger partial charge in [-0.2, -0.15) is 0 Å². The van der Waals surface area contributed by atoms with Gasteiger partial charge >= 0.3 is 0 Å². The van der Waals surface area contributed by atoms with E-state index < -0.39 is 0 Å². The van der Waals surface area contributed by atoms with Crippen LogP contribution < -0.4 is 19.7 Å². The predicted octanol–water partition coefficient (Wildman–Crippen LogP) is 3.50. The number of amides is 1. The molecule has 1 aliphatic carbocycles. The summed E-state index contributed by atoms with van der Waals surface area (Å²) in [7, 11) is 3.51. The molecule has 4 rings (SSSR count). The molecule has 0 bridgehead atoms. The molecule has 1 atom stereocenters. The molecule has 2 aliphatic rings. The SMILES string of the molecule is CNCC(=O)N1CCN(c2ccc(OC)c(OC3CCCC3)c2)C(Cc2ccccc2)C1. The Labute approximate surface area is 191 Å². The van der Waals surface area contributed by atoms with Crippen molar-refractivity contribution >= 4 is 11.6 Å². The zero-order valence-electron chi connectivity index (χ0n) is 19.3. The monoisotopic (exact) mass is 437 g/mol. The number of methoxy groups -OCH3 is 1. The summed E-state index contributed by atoms with van der Waals surface area (Å²) in [6.07, 6.45) is 5.83. The van der Waals surface area contributed by atoms with Crippen LogP contribution in [0.25, 0.3) is 0 Å². The first-order valence-corrected chi connectivity index (χ1v) is 11.8. The molecule has 0 radical (unpaired) electrons. The number of carbonyl (C=O) groups excluding carboxylic acids is 1. The molecule has 6 nitrogen and oxygen atoms in total. The Morgan fingerprint density at radius 3 is 2.56 bits per heavy atom. The van der Waals surface area contributed by atoms with E-state index in [-0.39, 0.29) is 18.1 Å². The lowest BCUT2D eigenvalue weighted by Gasteiger charge is -2.43. The van der Waals surface area contributed by atoms with Crippen LogP contribution in [0.3, 0.4) is 0 Å². The maximum absolute atomic E-state index is 12.6. The summed E-state index contributed by atoms with van der Waals surface area (Å²) >= 11 is 0. The smallest absolute Gasteiger partial charge is 0.236 e. The van der Waals surface area contributed by atoms with Gasteiger partial charge in [0.15, 0.2) is 11.5 Å². The molecule has 2 aromatic rings. The second kappa shape index (κ2) is 10.7. The summed E-state index contributed by atoms with van der Waals surface area (Å²) in [6.45, 7) is 2.60. The van der Waals surface area contributed by atoms with Gasteiger partial charge in [-0.1, -0.05) is 30.3 Å². The molecule has 1 aliphatic heterocycles. The number of hydrogen-bond donors (Lipinski definition) is 1. The van der Waals surface area contributed by atoms with Crippen molar-refractivity contribution in [1.82, 2.24) is 10.2 Å². The van der Waals surface area contributed by atoms with Gasteiger partial charge in [0.2, 0.25) is 5.91 Å². The number of ether oxygens (including phenoxy) is 2. The third-order valence-electron chi connectivity index (χ3n) is 6.55. The Morgan fingerprint density at radius 2 is 1.84 bits per heavy atom. The number of piperazine rings is 1. The predicted molar refractivity (Wildman–Crippen MR) is 128 cm³/mol. The van der Waals surface area contributed by atoms with Gasteiger partial charge < -0.3 is 24.6 Å². The zero-order chi connectivity index (χ0) is 22.3. The first kappa shape index (κ1) is 22.5. The summed E-state index contributed by atoms with van der Waals surface area (Å²) in [4.78, 5) is 17.0. The average molecular weight is 438 g/mol. The minimum atomic E-state index is 0.158. The Hall–Kier alpha value is -2.73. The molecule has 2 fully saturated rings. The molecule has 32 heavy (non-hydrogen) atoms. The van der Waals surface area contributed by atoms with Crippen molar-refractivity contribution in [2.45, 2.75) is 44.2 Å². The average Bonchev–Trinajstić information content (AvgIpc) is 3.33. The number of hydrogen-bond acceptors (Lipinski definition) is 5. The van der Waals surface area contributed by atoms with Gasteiger partial charge in [-0.05, 0) is 56.8 Å². The van der Waals surface area contributed by atoms with Crippen molar-refractivity contribution in [3.05, 3.63) is 54.1 Å².